The Balaban J connectivity index is 1.77. The number of carbonyl (C=O) groups excluding carboxylic acids is 3. The van der Waals surface area contributed by atoms with Crippen LogP contribution in [-0.2, 0) is 9.59 Å². The molecule has 3 amide bonds. The minimum absolute atomic E-state index is 0.144. The predicted molar refractivity (Wildman–Crippen MR) is 102 cm³/mol. The highest BCUT2D eigenvalue weighted by molar-refractivity contribution is 5.95. The first kappa shape index (κ1) is 20.0. The van der Waals surface area contributed by atoms with Gasteiger partial charge in [-0.25, -0.2) is 0 Å². The second-order valence-corrected chi connectivity index (χ2v) is 6.08. The number of amides is 3. The lowest BCUT2D eigenvalue weighted by molar-refractivity contribution is -0.118. The van der Waals surface area contributed by atoms with Crippen LogP contribution in [0.15, 0.2) is 54.6 Å². The molecule has 2 rings (SSSR count). The van der Waals surface area contributed by atoms with Crippen LogP contribution >= 0.6 is 0 Å². The van der Waals surface area contributed by atoms with E-state index in [1.165, 1.54) is 0 Å². The van der Waals surface area contributed by atoms with Crippen LogP contribution in [0.5, 0.6) is 5.75 Å². The van der Waals surface area contributed by atoms with Crippen molar-refractivity contribution in [3.63, 3.8) is 0 Å². The predicted octanol–water partition coefficient (Wildman–Crippen LogP) is 2.09. The van der Waals surface area contributed by atoms with E-state index in [1.54, 1.807) is 55.5 Å². The molecule has 2 aromatic carbocycles. The fourth-order valence-electron chi connectivity index (χ4n) is 2.34. The van der Waals surface area contributed by atoms with Gasteiger partial charge >= 0.3 is 0 Å². The molecule has 0 saturated heterocycles. The number of benzene rings is 2. The Morgan fingerprint density at radius 1 is 1.04 bits per heavy atom. The summed E-state index contributed by atoms with van der Waals surface area (Å²) >= 11 is 0. The van der Waals surface area contributed by atoms with Crippen LogP contribution < -0.4 is 21.1 Å². The van der Waals surface area contributed by atoms with Crippen molar-refractivity contribution in [1.82, 2.24) is 5.32 Å². The molecule has 2 aromatic rings. The van der Waals surface area contributed by atoms with E-state index in [9.17, 15) is 14.4 Å². The Morgan fingerprint density at radius 2 is 1.70 bits per heavy atom. The zero-order valence-electron chi connectivity index (χ0n) is 15.1. The smallest absolute Gasteiger partial charge is 0.251 e. The third kappa shape index (κ3) is 7.19. The van der Waals surface area contributed by atoms with Crippen molar-refractivity contribution < 1.29 is 19.1 Å². The maximum Gasteiger partial charge on any atom is 0.251 e. The van der Waals surface area contributed by atoms with Gasteiger partial charge in [-0.1, -0.05) is 18.2 Å². The molecule has 0 spiro atoms. The first-order valence-corrected chi connectivity index (χ1v) is 8.61. The molecule has 0 saturated carbocycles. The van der Waals surface area contributed by atoms with E-state index < -0.39 is 5.91 Å². The topological polar surface area (TPSA) is 111 Å². The van der Waals surface area contributed by atoms with Crippen LogP contribution in [0, 0.1) is 0 Å². The maximum absolute atomic E-state index is 12.1. The van der Waals surface area contributed by atoms with Crippen molar-refractivity contribution in [2.45, 2.75) is 25.8 Å². The summed E-state index contributed by atoms with van der Waals surface area (Å²) in [5.41, 5.74) is 6.21. The average Bonchev–Trinajstić information content (AvgIpc) is 2.63. The average molecular weight is 369 g/mol. The van der Waals surface area contributed by atoms with Crippen LogP contribution in [0.2, 0.25) is 0 Å². The molecule has 1 unspecified atom stereocenters. The van der Waals surface area contributed by atoms with Gasteiger partial charge in [0.1, 0.15) is 5.75 Å². The molecule has 0 aliphatic carbocycles. The van der Waals surface area contributed by atoms with Crippen LogP contribution in [0.25, 0.3) is 0 Å². The standard InChI is InChI=1S/C20H23N3O4/c1-14(22-20(26)15-5-3-2-4-6-15)13-19(25)23-16-7-9-17(10-8-16)27-12-11-18(21)24/h2-10,14H,11-13H2,1H3,(H2,21,24)(H,22,26)(H,23,25). The molecule has 142 valence electrons. The number of ether oxygens (including phenoxy) is 1. The molecule has 4 N–H and O–H groups in total. The SMILES string of the molecule is CC(CC(=O)Nc1ccc(OCCC(N)=O)cc1)NC(=O)c1ccccc1. The molecule has 7 heteroatoms. The van der Waals surface area contributed by atoms with E-state index in [1.807, 2.05) is 6.07 Å². The van der Waals surface area contributed by atoms with Crippen molar-refractivity contribution in [3.05, 3.63) is 60.2 Å². The molecule has 27 heavy (non-hydrogen) atoms. The fourth-order valence-corrected chi connectivity index (χ4v) is 2.34. The first-order valence-electron chi connectivity index (χ1n) is 8.61. The van der Waals surface area contributed by atoms with E-state index in [0.29, 0.717) is 17.0 Å². The van der Waals surface area contributed by atoms with Crippen LogP contribution in [0.1, 0.15) is 30.1 Å². The Hall–Kier alpha value is -3.35. The van der Waals surface area contributed by atoms with E-state index in [0.717, 1.165) is 0 Å². The molecule has 0 aromatic heterocycles. The summed E-state index contributed by atoms with van der Waals surface area (Å²) in [4.78, 5) is 34.9. The Bertz CT molecular complexity index is 776. The monoisotopic (exact) mass is 369 g/mol. The third-order valence-corrected chi connectivity index (χ3v) is 3.66. The molecule has 0 fully saturated rings. The van der Waals surface area contributed by atoms with Gasteiger partial charge in [0.15, 0.2) is 0 Å². The Labute approximate surface area is 157 Å². The number of primary amides is 1. The highest BCUT2D eigenvalue weighted by Crippen LogP contribution is 2.16. The number of nitrogens with one attached hydrogen (secondary N) is 2. The zero-order valence-corrected chi connectivity index (χ0v) is 15.1. The van der Waals surface area contributed by atoms with Gasteiger partial charge in [-0.15, -0.1) is 0 Å². The summed E-state index contributed by atoms with van der Waals surface area (Å²) in [7, 11) is 0. The molecule has 0 radical (unpaired) electrons. The molecule has 0 aliphatic rings. The molecule has 1 atom stereocenters. The molecule has 0 heterocycles. The number of anilines is 1. The molecule has 7 nitrogen and oxygen atoms in total. The third-order valence-electron chi connectivity index (χ3n) is 3.66. The second-order valence-electron chi connectivity index (χ2n) is 6.08. The van der Waals surface area contributed by atoms with Crippen LogP contribution in [0.4, 0.5) is 5.69 Å². The van der Waals surface area contributed by atoms with Gasteiger partial charge in [-0.05, 0) is 43.3 Å². The largest absolute Gasteiger partial charge is 0.493 e. The van der Waals surface area contributed by atoms with Crippen molar-refractivity contribution >= 4 is 23.4 Å². The van der Waals surface area contributed by atoms with Gasteiger partial charge in [0, 0.05) is 23.7 Å². The number of carbonyl (C=O) groups is 3. The van der Waals surface area contributed by atoms with Crippen LogP contribution in [-0.4, -0.2) is 30.4 Å². The number of hydrogen-bond acceptors (Lipinski definition) is 4. The van der Waals surface area contributed by atoms with Gasteiger partial charge in [-0.3, -0.25) is 14.4 Å². The van der Waals surface area contributed by atoms with E-state index in [4.69, 9.17) is 10.5 Å². The van der Waals surface area contributed by atoms with E-state index in [-0.39, 0.29) is 37.3 Å². The maximum atomic E-state index is 12.1. The van der Waals surface area contributed by atoms with Gasteiger partial charge in [0.2, 0.25) is 11.8 Å². The van der Waals surface area contributed by atoms with Crippen molar-refractivity contribution in [2.24, 2.45) is 5.73 Å². The summed E-state index contributed by atoms with van der Waals surface area (Å²) < 4.78 is 5.37. The van der Waals surface area contributed by atoms with Gasteiger partial charge in [0.05, 0.1) is 13.0 Å². The van der Waals surface area contributed by atoms with E-state index >= 15 is 0 Å². The molecule has 0 bridgehead atoms. The normalized spacial score (nSPS) is 11.3. The van der Waals surface area contributed by atoms with Crippen molar-refractivity contribution in [3.8, 4) is 5.75 Å². The lowest BCUT2D eigenvalue weighted by atomic mass is 10.1. The number of hydrogen-bond donors (Lipinski definition) is 3. The Kier molecular flexibility index (Phi) is 7.37. The summed E-state index contributed by atoms with van der Waals surface area (Å²) in [6.45, 7) is 1.98. The molecule has 0 aliphatic heterocycles. The van der Waals surface area contributed by atoms with Crippen molar-refractivity contribution in [1.29, 1.82) is 0 Å². The van der Waals surface area contributed by atoms with Crippen molar-refractivity contribution in [2.75, 3.05) is 11.9 Å². The summed E-state index contributed by atoms with van der Waals surface area (Å²) in [5.74, 6) is -0.267. The summed E-state index contributed by atoms with van der Waals surface area (Å²) in [5, 5.41) is 5.56. The first-order chi connectivity index (χ1) is 12.9. The summed E-state index contributed by atoms with van der Waals surface area (Å²) in [6, 6.07) is 15.3. The lowest BCUT2D eigenvalue weighted by Gasteiger charge is -2.14. The lowest BCUT2D eigenvalue weighted by Crippen LogP contribution is -2.35. The quantitative estimate of drug-likeness (QED) is 0.628. The molecular formula is C20H23N3O4. The fraction of sp³-hybridized carbons (Fsp3) is 0.250. The van der Waals surface area contributed by atoms with Crippen LogP contribution in [0.3, 0.4) is 0 Å². The number of nitrogens with two attached hydrogens (primary N) is 1. The highest BCUT2D eigenvalue weighted by atomic mass is 16.5. The van der Waals surface area contributed by atoms with E-state index in [2.05, 4.69) is 10.6 Å². The molecular weight excluding hydrogens is 346 g/mol. The number of rotatable bonds is 9. The second kappa shape index (κ2) is 9.96. The van der Waals surface area contributed by atoms with Gasteiger partial charge < -0.3 is 21.1 Å². The highest BCUT2D eigenvalue weighted by Gasteiger charge is 2.13. The minimum atomic E-state index is -0.424. The van der Waals surface area contributed by atoms with Gasteiger partial charge in [-0.2, -0.15) is 0 Å². The Morgan fingerprint density at radius 3 is 2.33 bits per heavy atom. The van der Waals surface area contributed by atoms with Gasteiger partial charge in [0.25, 0.3) is 5.91 Å². The zero-order chi connectivity index (χ0) is 19.6. The minimum Gasteiger partial charge on any atom is -0.493 e. The summed E-state index contributed by atoms with van der Waals surface area (Å²) in [6.07, 6.45) is 0.292.